The molecule has 0 saturated heterocycles. The molecule has 154 valence electrons. The molecular formula is C23H22N2O4S. The molecule has 1 unspecified atom stereocenters. The van der Waals surface area contributed by atoms with Crippen molar-refractivity contribution in [3.8, 4) is 5.75 Å². The molecule has 1 aliphatic heterocycles. The zero-order valence-electron chi connectivity index (χ0n) is 16.7. The summed E-state index contributed by atoms with van der Waals surface area (Å²) in [6.45, 7) is 3.73. The van der Waals surface area contributed by atoms with Crippen molar-refractivity contribution >= 4 is 27.3 Å². The van der Waals surface area contributed by atoms with Crippen molar-refractivity contribution in [2.45, 2.75) is 24.8 Å². The van der Waals surface area contributed by atoms with Crippen LogP contribution in [0.5, 0.6) is 5.75 Å². The molecule has 0 aliphatic carbocycles. The van der Waals surface area contributed by atoms with E-state index >= 15 is 0 Å². The Hall–Kier alpha value is -3.32. The van der Waals surface area contributed by atoms with Gasteiger partial charge in [0.2, 0.25) is 0 Å². The number of rotatable bonds is 4. The summed E-state index contributed by atoms with van der Waals surface area (Å²) in [5, 5.41) is 2.80. The lowest BCUT2D eigenvalue weighted by Gasteiger charge is -2.34. The van der Waals surface area contributed by atoms with E-state index in [-0.39, 0.29) is 11.4 Å². The number of nitrogens with zero attached hydrogens (tertiary/aromatic N) is 1. The molecule has 0 fully saturated rings. The lowest BCUT2D eigenvalue weighted by atomic mass is 10.2. The van der Waals surface area contributed by atoms with E-state index < -0.39 is 22.0 Å². The predicted molar refractivity (Wildman–Crippen MR) is 116 cm³/mol. The molecule has 0 spiro atoms. The predicted octanol–water partition coefficient (Wildman–Crippen LogP) is 3.90. The van der Waals surface area contributed by atoms with Gasteiger partial charge in [0.15, 0.2) is 6.10 Å². The summed E-state index contributed by atoms with van der Waals surface area (Å²) >= 11 is 0. The van der Waals surface area contributed by atoms with Gasteiger partial charge in [-0.1, -0.05) is 47.5 Å². The Morgan fingerprint density at radius 1 is 0.933 bits per heavy atom. The van der Waals surface area contributed by atoms with Gasteiger partial charge in [0.1, 0.15) is 5.75 Å². The van der Waals surface area contributed by atoms with Crippen LogP contribution in [0.4, 0.5) is 11.4 Å². The molecule has 0 aromatic heterocycles. The summed E-state index contributed by atoms with van der Waals surface area (Å²) in [5.41, 5.74) is 3.08. The first-order chi connectivity index (χ1) is 14.3. The zero-order chi connectivity index (χ0) is 21.3. The first-order valence-corrected chi connectivity index (χ1v) is 11.0. The van der Waals surface area contributed by atoms with E-state index in [0.29, 0.717) is 17.1 Å². The Balaban J connectivity index is 1.66. The maximum Gasteiger partial charge on any atom is 0.267 e. The quantitative estimate of drug-likeness (QED) is 0.692. The second kappa shape index (κ2) is 7.84. The maximum atomic E-state index is 13.4. The molecule has 3 aromatic rings. The molecule has 1 heterocycles. The first kappa shape index (κ1) is 20.0. The number of para-hydroxylation sites is 2. The third-order valence-corrected chi connectivity index (χ3v) is 6.75. The van der Waals surface area contributed by atoms with E-state index in [9.17, 15) is 13.2 Å². The average Bonchev–Trinajstić information content (AvgIpc) is 2.74. The highest BCUT2D eigenvalue weighted by molar-refractivity contribution is 7.92. The Labute approximate surface area is 176 Å². The fraction of sp³-hybridized carbons (Fsp3) is 0.174. The lowest BCUT2D eigenvalue weighted by Crippen LogP contribution is -2.48. The summed E-state index contributed by atoms with van der Waals surface area (Å²) in [6, 6.07) is 20.9. The minimum Gasteiger partial charge on any atom is -0.476 e. The molecule has 0 saturated carbocycles. The second-order valence-corrected chi connectivity index (χ2v) is 9.14. The number of aryl methyl sites for hydroxylation is 2. The highest BCUT2D eigenvalue weighted by Gasteiger charge is 2.37. The number of fused-ring (bicyclic) bond motifs is 1. The van der Waals surface area contributed by atoms with Crippen LogP contribution in [0.2, 0.25) is 0 Å². The molecule has 1 atom stereocenters. The Bertz CT molecular complexity index is 1170. The number of sulfonamides is 1. The van der Waals surface area contributed by atoms with E-state index in [1.165, 1.54) is 4.31 Å². The third kappa shape index (κ3) is 3.89. The lowest BCUT2D eigenvalue weighted by molar-refractivity contribution is -0.122. The largest absolute Gasteiger partial charge is 0.476 e. The Kier molecular flexibility index (Phi) is 5.22. The normalized spacial score (nSPS) is 15.8. The minimum atomic E-state index is -3.86. The highest BCUT2D eigenvalue weighted by atomic mass is 32.2. The summed E-state index contributed by atoms with van der Waals surface area (Å²) in [4.78, 5) is 13.0. The van der Waals surface area contributed by atoms with Crippen LogP contribution in [0.15, 0.2) is 77.7 Å². The Morgan fingerprint density at radius 2 is 1.53 bits per heavy atom. The van der Waals surface area contributed by atoms with Crippen molar-refractivity contribution in [1.29, 1.82) is 0 Å². The van der Waals surface area contributed by atoms with Gasteiger partial charge in [-0.25, -0.2) is 8.42 Å². The van der Waals surface area contributed by atoms with Gasteiger partial charge in [0.25, 0.3) is 15.9 Å². The van der Waals surface area contributed by atoms with Gasteiger partial charge < -0.3 is 10.1 Å². The van der Waals surface area contributed by atoms with Gasteiger partial charge in [-0.3, -0.25) is 9.10 Å². The van der Waals surface area contributed by atoms with Crippen LogP contribution >= 0.6 is 0 Å². The summed E-state index contributed by atoms with van der Waals surface area (Å²) < 4.78 is 33.8. The molecule has 4 rings (SSSR count). The van der Waals surface area contributed by atoms with Crippen molar-refractivity contribution < 1.29 is 17.9 Å². The molecule has 6 nitrogen and oxygen atoms in total. The molecular weight excluding hydrogens is 400 g/mol. The van der Waals surface area contributed by atoms with Crippen LogP contribution in [0.3, 0.4) is 0 Å². The van der Waals surface area contributed by atoms with Gasteiger partial charge >= 0.3 is 0 Å². The number of hydrogen-bond acceptors (Lipinski definition) is 4. The van der Waals surface area contributed by atoms with Crippen molar-refractivity contribution in [2.75, 3.05) is 16.2 Å². The number of benzene rings is 3. The second-order valence-electron chi connectivity index (χ2n) is 7.28. The van der Waals surface area contributed by atoms with Crippen molar-refractivity contribution in [3.05, 3.63) is 83.9 Å². The van der Waals surface area contributed by atoms with Crippen molar-refractivity contribution in [3.63, 3.8) is 0 Å². The molecule has 1 amide bonds. The zero-order valence-corrected chi connectivity index (χ0v) is 17.5. The number of amides is 1. The third-order valence-electron chi connectivity index (χ3n) is 4.96. The first-order valence-electron chi connectivity index (χ1n) is 9.57. The monoisotopic (exact) mass is 422 g/mol. The van der Waals surface area contributed by atoms with Gasteiger partial charge in [-0.05, 0) is 50.2 Å². The molecule has 0 bridgehead atoms. The summed E-state index contributed by atoms with van der Waals surface area (Å²) in [5.74, 6) is -0.0547. The van der Waals surface area contributed by atoms with Gasteiger partial charge in [-0.2, -0.15) is 0 Å². The summed E-state index contributed by atoms with van der Waals surface area (Å²) in [7, 11) is -3.86. The number of carbonyl (C=O) groups is 1. The van der Waals surface area contributed by atoms with Crippen LogP contribution in [-0.2, 0) is 14.8 Å². The summed E-state index contributed by atoms with van der Waals surface area (Å²) in [6.07, 6.45) is -0.985. The van der Waals surface area contributed by atoms with Crippen LogP contribution in [0, 0.1) is 13.8 Å². The number of anilines is 2. The molecule has 3 aromatic carbocycles. The van der Waals surface area contributed by atoms with Gasteiger partial charge in [0, 0.05) is 5.69 Å². The fourth-order valence-electron chi connectivity index (χ4n) is 3.26. The van der Waals surface area contributed by atoms with E-state index in [1.54, 1.807) is 60.7 Å². The van der Waals surface area contributed by atoms with E-state index in [1.807, 2.05) is 26.0 Å². The molecule has 0 radical (unpaired) electrons. The molecule has 1 aliphatic rings. The van der Waals surface area contributed by atoms with Gasteiger partial charge in [-0.15, -0.1) is 0 Å². The molecule has 30 heavy (non-hydrogen) atoms. The van der Waals surface area contributed by atoms with Crippen LogP contribution in [0.25, 0.3) is 0 Å². The topological polar surface area (TPSA) is 75.7 Å². The highest BCUT2D eigenvalue weighted by Crippen LogP contribution is 2.37. The van der Waals surface area contributed by atoms with Gasteiger partial charge in [0.05, 0.1) is 17.1 Å². The maximum absolute atomic E-state index is 13.4. The van der Waals surface area contributed by atoms with Crippen LogP contribution < -0.4 is 14.4 Å². The smallest absolute Gasteiger partial charge is 0.267 e. The average molecular weight is 423 g/mol. The van der Waals surface area contributed by atoms with E-state index in [4.69, 9.17) is 4.74 Å². The van der Waals surface area contributed by atoms with Crippen molar-refractivity contribution in [2.24, 2.45) is 0 Å². The van der Waals surface area contributed by atoms with E-state index in [2.05, 4.69) is 5.32 Å². The van der Waals surface area contributed by atoms with Crippen LogP contribution in [0.1, 0.15) is 11.1 Å². The standard InChI is InChI=1S/C23H22N2O4S/c1-16-7-11-18(12-8-16)24-23(26)22-15-25(20-5-3-4-6-21(20)29-22)30(27,28)19-13-9-17(2)10-14-19/h3-14,22H,15H2,1-2H3,(H,24,26). The van der Waals surface area contributed by atoms with Crippen LogP contribution in [-0.4, -0.2) is 27.0 Å². The number of ether oxygens (including phenoxy) is 1. The fourth-order valence-corrected chi connectivity index (χ4v) is 4.74. The molecule has 7 heteroatoms. The Morgan fingerprint density at radius 3 is 2.20 bits per heavy atom. The minimum absolute atomic E-state index is 0.120. The van der Waals surface area contributed by atoms with E-state index in [0.717, 1.165) is 11.1 Å². The molecule has 1 N–H and O–H groups in total. The number of hydrogen-bond donors (Lipinski definition) is 1. The number of nitrogens with one attached hydrogen (secondary N) is 1. The number of carbonyl (C=O) groups excluding carboxylic acids is 1. The SMILES string of the molecule is Cc1ccc(NC(=O)C2CN(S(=O)(=O)c3ccc(C)cc3)c3ccccc3O2)cc1. The van der Waals surface area contributed by atoms with Crippen molar-refractivity contribution in [1.82, 2.24) is 0 Å².